The molecule has 186 valence electrons. The minimum Gasteiger partial charge on any atom is -0.378 e. The van der Waals surface area contributed by atoms with E-state index >= 15 is 0 Å². The molecule has 1 aromatic rings. The van der Waals surface area contributed by atoms with Crippen LogP contribution in [0.2, 0.25) is 0 Å². The minimum absolute atomic E-state index is 0.0402. The van der Waals surface area contributed by atoms with E-state index in [-0.39, 0.29) is 23.8 Å². The van der Waals surface area contributed by atoms with Crippen molar-refractivity contribution < 1.29 is 18.7 Å². The van der Waals surface area contributed by atoms with Crippen LogP contribution in [-0.2, 0) is 16.0 Å². The molecule has 3 aliphatic heterocycles. The molecule has 0 bridgehead atoms. The Kier molecular flexibility index (Phi) is 6.92. The van der Waals surface area contributed by atoms with Gasteiger partial charge in [-0.05, 0) is 44.2 Å². The second-order valence-electron chi connectivity index (χ2n) is 10.0. The van der Waals surface area contributed by atoms with Gasteiger partial charge in [-0.25, -0.2) is 9.18 Å². The number of nitrogens with one attached hydrogen (secondary N) is 2. The molecule has 8 nitrogen and oxygen atoms in total. The number of halogens is 1. The van der Waals surface area contributed by atoms with Crippen molar-refractivity contribution in [3.63, 3.8) is 0 Å². The molecule has 3 heterocycles. The van der Waals surface area contributed by atoms with Gasteiger partial charge in [0.2, 0.25) is 5.91 Å². The van der Waals surface area contributed by atoms with Crippen molar-refractivity contribution in [2.75, 3.05) is 57.8 Å². The van der Waals surface area contributed by atoms with Crippen molar-refractivity contribution >= 4 is 17.6 Å². The fourth-order valence-electron chi connectivity index (χ4n) is 5.89. The number of rotatable bonds is 3. The molecule has 1 unspecified atom stereocenters. The molecule has 3 fully saturated rings. The summed E-state index contributed by atoms with van der Waals surface area (Å²) in [5, 5.41) is 6.48. The highest BCUT2D eigenvalue weighted by Gasteiger charge is 2.35. The van der Waals surface area contributed by atoms with Crippen LogP contribution in [0.5, 0.6) is 0 Å². The first-order valence-electron chi connectivity index (χ1n) is 12.7. The standard InChI is InChI=1S/C25H36FN5O3/c1-17-5-6-21(26)20-16-22(28-23(17)20)24(32)27-18-3-2-4-19(15-18)29-7-9-30(10-8-29)25(33)31-11-13-34-14-12-31/h5-6,18-19,22,28H,2-4,7-16H2,1H3,(H,27,32)/t18-,19-,22?/m1/s1. The zero-order valence-electron chi connectivity index (χ0n) is 20.0. The third kappa shape index (κ3) is 4.86. The van der Waals surface area contributed by atoms with E-state index in [1.165, 1.54) is 6.07 Å². The van der Waals surface area contributed by atoms with Gasteiger partial charge in [0.25, 0.3) is 0 Å². The molecule has 9 heteroatoms. The van der Waals surface area contributed by atoms with Gasteiger partial charge in [-0.2, -0.15) is 0 Å². The largest absolute Gasteiger partial charge is 0.378 e. The summed E-state index contributed by atoms with van der Waals surface area (Å²) in [6.45, 7) is 7.78. The number of hydrogen-bond donors (Lipinski definition) is 2. The predicted octanol–water partition coefficient (Wildman–Crippen LogP) is 1.97. The average molecular weight is 474 g/mol. The fourth-order valence-corrected chi connectivity index (χ4v) is 5.89. The normalized spacial score (nSPS) is 27.8. The van der Waals surface area contributed by atoms with Crippen LogP contribution in [0, 0.1) is 12.7 Å². The number of fused-ring (bicyclic) bond motifs is 1. The highest BCUT2D eigenvalue weighted by Crippen LogP contribution is 2.32. The first-order chi connectivity index (χ1) is 16.5. The maximum atomic E-state index is 14.2. The van der Waals surface area contributed by atoms with Crippen LogP contribution in [-0.4, -0.2) is 97.2 Å². The number of amides is 3. The van der Waals surface area contributed by atoms with Gasteiger partial charge in [0, 0.05) is 69.0 Å². The van der Waals surface area contributed by atoms with Crippen molar-refractivity contribution in [2.45, 2.75) is 57.2 Å². The highest BCUT2D eigenvalue weighted by molar-refractivity contribution is 5.88. The van der Waals surface area contributed by atoms with Crippen molar-refractivity contribution in [1.82, 2.24) is 20.0 Å². The number of carbonyl (C=O) groups excluding carboxylic acids is 2. The molecule has 3 atom stereocenters. The van der Waals surface area contributed by atoms with E-state index in [1.54, 1.807) is 6.07 Å². The Labute approximate surface area is 200 Å². The number of hydrogen-bond acceptors (Lipinski definition) is 5. The van der Waals surface area contributed by atoms with E-state index in [0.717, 1.165) is 63.1 Å². The number of urea groups is 1. The quantitative estimate of drug-likeness (QED) is 0.702. The van der Waals surface area contributed by atoms with Crippen LogP contribution < -0.4 is 10.6 Å². The molecular weight excluding hydrogens is 437 g/mol. The van der Waals surface area contributed by atoms with Crippen LogP contribution in [0.1, 0.15) is 36.8 Å². The van der Waals surface area contributed by atoms with Crippen molar-refractivity contribution in [3.8, 4) is 0 Å². The highest BCUT2D eigenvalue weighted by atomic mass is 19.1. The SMILES string of the molecule is Cc1ccc(F)c2c1NC(C(=O)N[C@@H]1CCC[C@@H](N3CCN(C(=O)N4CCOCC4)CC3)C1)C2. The second kappa shape index (κ2) is 10.1. The molecule has 0 aromatic heterocycles. The molecule has 4 aliphatic rings. The van der Waals surface area contributed by atoms with Crippen LogP contribution in [0.3, 0.4) is 0 Å². The maximum absolute atomic E-state index is 14.2. The first-order valence-corrected chi connectivity index (χ1v) is 12.7. The van der Waals surface area contributed by atoms with E-state index in [1.807, 2.05) is 16.7 Å². The maximum Gasteiger partial charge on any atom is 0.320 e. The molecule has 1 aliphatic carbocycles. The van der Waals surface area contributed by atoms with Crippen molar-refractivity contribution in [3.05, 3.63) is 29.1 Å². The Morgan fingerprint density at radius 1 is 1.06 bits per heavy atom. The third-order valence-corrected chi connectivity index (χ3v) is 7.88. The Balaban J connectivity index is 1.10. The fraction of sp³-hybridized carbons (Fsp3) is 0.680. The Morgan fingerprint density at radius 2 is 1.79 bits per heavy atom. The number of carbonyl (C=O) groups is 2. The number of nitrogens with zero attached hydrogens (tertiary/aromatic N) is 3. The average Bonchev–Trinajstić information content (AvgIpc) is 3.34. The van der Waals surface area contributed by atoms with Gasteiger partial charge in [0.05, 0.1) is 13.2 Å². The van der Waals surface area contributed by atoms with Gasteiger partial charge in [0.1, 0.15) is 11.9 Å². The number of piperazine rings is 1. The van der Waals surface area contributed by atoms with E-state index in [2.05, 4.69) is 15.5 Å². The summed E-state index contributed by atoms with van der Waals surface area (Å²) in [5.74, 6) is -0.283. The molecule has 2 N–H and O–H groups in total. The Hall–Kier alpha value is -2.39. The Bertz CT molecular complexity index is 883. The number of benzene rings is 1. The summed E-state index contributed by atoms with van der Waals surface area (Å²) < 4.78 is 19.6. The molecule has 1 aromatic carbocycles. The summed E-state index contributed by atoms with van der Waals surface area (Å²) in [6, 6.07) is 3.51. The molecule has 0 spiro atoms. The van der Waals surface area contributed by atoms with Crippen LogP contribution in [0.25, 0.3) is 0 Å². The lowest BCUT2D eigenvalue weighted by atomic mass is 9.89. The van der Waals surface area contributed by atoms with Crippen LogP contribution in [0.4, 0.5) is 14.9 Å². The van der Waals surface area contributed by atoms with E-state index < -0.39 is 6.04 Å². The molecule has 1 saturated carbocycles. The van der Waals surface area contributed by atoms with Gasteiger partial charge in [-0.15, -0.1) is 0 Å². The second-order valence-corrected chi connectivity index (χ2v) is 10.0. The van der Waals surface area contributed by atoms with Crippen molar-refractivity contribution in [2.24, 2.45) is 0 Å². The summed E-state index contributed by atoms with van der Waals surface area (Å²) in [7, 11) is 0. The van der Waals surface area contributed by atoms with Gasteiger partial charge < -0.3 is 25.2 Å². The van der Waals surface area contributed by atoms with Gasteiger partial charge in [-0.3, -0.25) is 9.69 Å². The zero-order chi connectivity index (χ0) is 23.7. The lowest BCUT2D eigenvalue weighted by Crippen LogP contribution is -2.57. The Morgan fingerprint density at radius 3 is 2.53 bits per heavy atom. The van der Waals surface area contributed by atoms with E-state index in [9.17, 15) is 14.0 Å². The summed E-state index contributed by atoms with van der Waals surface area (Å²) in [6.07, 6.45) is 4.50. The molecule has 3 amide bonds. The molecule has 5 rings (SSSR count). The minimum atomic E-state index is -0.416. The third-order valence-electron chi connectivity index (χ3n) is 7.88. The summed E-state index contributed by atoms with van der Waals surface area (Å²) in [5.41, 5.74) is 2.35. The molecule has 0 radical (unpaired) electrons. The van der Waals surface area contributed by atoms with Gasteiger partial charge in [0.15, 0.2) is 0 Å². The number of morpholine rings is 1. The lowest BCUT2D eigenvalue weighted by Gasteiger charge is -2.43. The van der Waals surface area contributed by atoms with Crippen molar-refractivity contribution in [1.29, 1.82) is 0 Å². The molecule has 2 saturated heterocycles. The molecular formula is C25H36FN5O3. The topological polar surface area (TPSA) is 77.2 Å². The summed E-state index contributed by atoms with van der Waals surface area (Å²) >= 11 is 0. The number of aryl methyl sites for hydroxylation is 1. The molecule has 34 heavy (non-hydrogen) atoms. The smallest absolute Gasteiger partial charge is 0.320 e. The van der Waals surface area contributed by atoms with Gasteiger partial charge in [-0.1, -0.05) is 6.07 Å². The number of ether oxygens (including phenoxy) is 1. The van der Waals surface area contributed by atoms with E-state index in [0.29, 0.717) is 44.3 Å². The summed E-state index contributed by atoms with van der Waals surface area (Å²) in [4.78, 5) is 32.1. The van der Waals surface area contributed by atoms with Crippen LogP contribution in [0.15, 0.2) is 12.1 Å². The van der Waals surface area contributed by atoms with Crippen LogP contribution >= 0.6 is 0 Å². The zero-order valence-corrected chi connectivity index (χ0v) is 20.0. The van der Waals surface area contributed by atoms with E-state index in [4.69, 9.17) is 4.74 Å². The monoisotopic (exact) mass is 473 g/mol. The lowest BCUT2D eigenvalue weighted by molar-refractivity contribution is -0.122. The van der Waals surface area contributed by atoms with Gasteiger partial charge >= 0.3 is 6.03 Å². The number of anilines is 1. The first kappa shape index (κ1) is 23.4. The predicted molar refractivity (Wildman–Crippen MR) is 127 cm³/mol.